The Morgan fingerprint density at radius 3 is 2.15 bits per heavy atom. The predicted molar refractivity (Wildman–Crippen MR) is 59.6 cm³/mol. The molecule has 2 heteroatoms. The zero-order valence-electron chi connectivity index (χ0n) is 9.26. The zero-order chi connectivity index (χ0) is 10.5. The van der Waals surface area contributed by atoms with Gasteiger partial charge in [0.15, 0.2) is 0 Å². The summed E-state index contributed by atoms with van der Waals surface area (Å²) < 4.78 is 0. The third kappa shape index (κ3) is 5.23. The topological polar surface area (TPSA) is 38.4 Å². The van der Waals surface area contributed by atoms with Gasteiger partial charge in [-0.1, -0.05) is 32.9 Å². The fraction of sp³-hybridized carbons (Fsp3) is 0.545. The second kappa shape index (κ2) is 4.85. The van der Waals surface area contributed by atoms with Crippen LogP contribution in [0.2, 0.25) is 0 Å². The second-order valence-electron chi connectivity index (χ2n) is 4.10. The van der Waals surface area contributed by atoms with E-state index < -0.39 is 0 Å². The van der Waals surface area contributed by atoms with Crippen LogP contribution < -0.4 is 5.73 Å². The van der Waals surface area contributed by atoms with E-state index in [0.29, 0.717) is 5.84 Å². The molecule has 0 aliphatic carbocycles. The van der Waals surface area contributed by atoms with E-state index in [1.165, 1.54) is 5.57 Å². The molecule has 2 nitrogen and oxygen atoms in total. The monoisotopic (exact) mass is 180 g/mol. The molecule has 0 rings (SSSR count). The summed E-state index contributed by atoms with van der Waals surface area (Å²) >= 11 is 0. The minimum atomic E-state index is 0.117. The van der Waals surface area contributed by atoms with Crippen LogP contribution in [-0.2, 0) is 0 Å². The minimum Gasteiger partial charge on any atom is -0.387 e. The van der Waals surface area contributed by atoms with Crippen LogP contribution in [0.5, 0.6) is 0 Å². The SMILES string of the molecule is C\C=C/C(=C\N=C(\C)N)C(C)(C)C. The van der Waals surface area contributed by atoms with Crippen LogP contribution in [0.15, 0.2) is 28.9 Å². The van der Waals surface area contributed by atoms with Gasteiger partial charge in [-0.3, -0.25) is 0 Å². The first-order valence-electron chi connectivity index (χ1n) is 4.51. The lowest BCUT2D eigenvalue weighted by Gasteiger charge is -2.19. The zero-order valence-corrected chi connectivity index (χ0v) is 9.26. The summed E-state index contributed by atoms with van der Waals surface area (Å²) in [6.45, 7) is 10.2. The van der Waals surface area contributed by atoms with E-state index in [0.717, 1.165) is 0 Å². The Bertz CT molecular complexity index is 235. The molecule has 2 N–H and O–H groups in total. The van der Waals surface area contributed by atoms with Crippen LogP contribution in [0.3, 0.4) is 0 Å². The molecule has 0 aromatic carbocycles. The Labute approximate surface area is 81.2 Å². The van der Waals surface area contributed by atoms with E-state index in [9.17, 15) is 0 Å². The maximum atomic E-state index is 5.46. The molecular formula is C11H20N2. The van der Waals surface area contributed by atoms with Gasteiger partial charge < -0.3 is 5.73 Å². The largest absolute Gasteiger partial charge is 0.387 e. The lowest BCUT2D eigenvalue weighted by Crippen LogP contribution is -2.08. The van der Waals surface area contributed by atoms with Gasteiger partial charge in [-0.25, -0.2) is 4.99 Å². The van der Waals surface area contributed by atoms with Crippen LogP contribution in [0.1, 0.15) is 34.6 Å². The maximum absolute atomic E-state index is 5.46. The average molecular weight is 180 g/mol. The molecule has 0 amide bonds. The molecule has 0 atom stereocenters. The Hall–Kier alpha value is -1.05. The first-order chi connectivity index (χ1) is 5.88. The molecule has 0 aliphatic rings. The second-order valence-corrected chi connectivity index (χ2v) is 4.10. The van der Waals surface area contributed by atoms with Crippen LogP contribution >= 0.6 is 0 Å². The van der Waals surface area contributed by atoms with Gasteiger partial charge in [0.1, 0.15) is 0 Å². The molecule has 13 heavy (non-hydrogen) atoms. The van der Waals surface area contributed by atoms with E-state index in [2.05, 4.69) is 31.8 Å². The molecule has 0 spiro atoms. The lowest BCUT2D eigenvalue weighted by molar-refractivity contribution is 0.515. The first kappa shape index (κ1) is 11.9. The quantitative estimate of drug-likeness (QED) is 0.396. The average Bonchev–Trinajstić information content (AvgIpc) is 1.95. The summed E-state index contributed by atoms with van der Waals surface area (Å²) in [6, 6.07) is 0. The summed E-state index contributed by atoms with van der Waals surface area (Å²) in [4.78, 5) is 4.09. The van der Waals surface area contributed by atoms with Crippen molar-refractivity contribution in [3.63, 3.8) is 0 Å². The molecule has 0 aliphatic heterocycles. The number of rotatable bonds is 2. The van der Waals surface area contributed by atoms with Gasteiger partial charge in [0, 0.05) is 6.20 Å². The van der Waals surface area contributed by atoms with Gasteiger partial charge in [-0.2, -0.15) is 0 Å². The lowest BCUT2D eigenvalue weighted by atomic mass is 9.87. The van der Waals surface area contributed by atoms with Crippen molar-refractivity contribution >= 4 is 5.84 Å². The third-order valence-corrected chi connectivity index (χ3v) is 1.62. The van der Waals surface area contributed by atoms with Gasteiger partial charge in [-0.05, 0) is 24.8 Å². The molecule has 0 radical (unpaired) electrons. The smallest absolute Gasteiger partial charge is 0.0957 e. The number of nitrogens with zero attached hydrogens (tertiary/aromatic N) is 1. The Kier molecular flexibility index (Phi) is 4.46. The van der Waals surface area contributed by atoms with Crippen molar-refractivity contribution in [2.24, 2.45) is 16.1 Å². The summed E-state index contributed by atoms with van der Waals surface area (Å²) in [6.07, 6.45) is 5.90. The number of aliphatic imine (C=N–C) groups is 1. The van der Waals surface area contributed by atoms with E-state index in [-0.39, 0.29) is 5.41 Å². The van der Waals surface area contributed by atoms with E-state index >= 15 is 0 Å². The predicted octanol–water partition coefficient (Wildman–Crippen LogP) is 2.87. The Morgan fingerprint density at radius 1 is 1.31 bits per heavy atom. The van der Waals surface area contributed by atoms with Gasteiger partial charge in [0.05, 0.1) is 5.84 Å². The molecule has 0 fully saturated rings. The van der Waals surface area contributed by atoms with Crippen molar-refractivity contribution in [3.8, 4) is 0 Å². The fourth-order valence-corrected chi connectivity index (χ4v) is 0.838. The van der Waals surface area contributed by atoms with Crippen LogP contribution in [-0.4, -0.2) is 5.84 Å². The van der Waals surface area contributed by atoms with Crippen molar-refractivity contribution in [2.45, 2.75) is 34.6 Å². The highest BCUT2D eigenvalue weighted by atomic mass is 14.8. The summed E-state index contributed by atoms with van der Waals surface area (Å²) in [5.74, 6) is 0.589. The minimum absolute atomic E-state index is 0.117. The summed E-state index contributed by atoms with van der Waals surface area (Å²) in [5, 5.41) is 0. The molecule has 0 saturated heterocycles. The van der Waals surface area contributed by atoms with Crippen molar-refractivity contribution in [3.05, 3.63) is 23.9 Å². The number of amidine groups is 1. The molecular weight excluding hydrogens is 160 g/mol. The highest BCUT2D eigenvalue weighted by Crippen LogP contribution is 2.26. The highest BCUT2D eigenvalue weighted by Gasteiger charge is 2.13. The molecule has 0 unspecified atom stereocenters. The molecule has 0 heterocycles. The highest BCUT2D eigenvalue weighted by molar-refractivity contribution is 5.78. The van der Waals surface area contributed by atoms with Crippen LogP contribution in [0, 0.1) is 5.41 Å². The number of hydrogen-bond donors (Lipinski definition) is 1. The molecule has 0 bridgehead atoms. The molecule has 74 valence electrons. The van der Waals surface area contributed by atoms with Crippen molar-refractivity contribution in [1.29, 1.82) is 0 Å². The molecule has 0 aromatic rings. The van der Waals surface area contributed by atoms with Gasteiger partial charge in [0.25, 0.3) is 0 Å². The van der Waals surface area contributed by atoms with Gasteiger partial charge >= 0.3 is 0 Å². The number of hydrogen-bond acceptors (Lipinski definition) is 1. The normalized spacial score (nSPS) is 15.5. The first-order valence-corrected chi connectivity index (χ1v) is 4.51. The van der Waals surface area contributed by atoms with Crippen molar-refractivity contribution < 1.29 is 0 Å². The maximum Gasteiger partial charge on any atom is 0.0957 e. The number of allylic oxidation sites excluding steroid dienone is 3. The van der Waals surface area contributed by atoms with Gasteiger partial charge in [-0.15, -0.1) is 0 Å². The molecule has 0 saturated carbocycles. The van der Waals surface area contributed by atoms with E-state index in [1.54, 1.807) is 6.92 Å². The molecule has 0 aromatic heterocycles. The standard InChI is InChI=1S/C11H20N2/c1-6-7-10(11(3,4)5)8-13-9(2)12/h6-8H,1-5H3,(H2,12,13)/b7-6-,10-8+. The van der Waals surface area contributed by atoms with Crippen molar-refractivity contribution in [2.75, 3.05) is 0 Å². The Balaban J connectivity index is 4.82. The van der Waals surface area contributed by atoms with E-state index in [1.807, 2.05) is 19.2 Å². The van der Waals surface area contributed by atoms with Crippen molar-refractivity contribution in [1.82, 2.24) is 0 Å². The van der Waals surface area contributed by atoms with Crippen LogP contribution in [0.25, 0.3) is 0 Å². The van der Waals surface area contributed by atoms with E-state index in [4.69, 9.17) is 5.73 Å². The van der Waals surface area contributed by atoms with Crippen LogP contribution in [0.4, 0.5) is 0 Å². The fourth-order valence-electron chi connectivity index (χ4n) is 0.838. The summed E-state index contributed by atoms with van der Waals surface area (Å²) in [7, 11) is 0. The van der Waals surface area contributed by atoms with Gasteiger partial charge in [0.2, 0.25) is 0 Å². The summed E-state index contributed by atoms with van der Waals surface area (Å²) in [5.41, 5.74) is 6.76. The number of nitrogens with two attached hydrogens (primary N) is 1. The Morgan fingerprint density at radius 2 is 1.85 bits per heavy atom. The third-order valence-electron chi connectivity index (χ3n) is 1.62.